The zero-order valence-electron chi connectivity index (χ0n) is 11.5. The summed E-state index contributed by atoms with van der Waals surface area (Å²) >= 11 is 0. The van der Waals surface area contributed by atoms with Gasteiger partial charge in [0.1, 0.15) is 11.5 Å². The quantitative estimate of drug-likeness (QED) is 0.670. The van der Waals surface area contributed by atoms with Gasteiger partial charge >= 0.3 is 0 Å². The molecule has 0 aromatic carbocycles. The molecule has 1 N–H and O–H groups in total. The molecule has 0 aliphatic rings. The average molecular weight is 238 g/mol. The van der Waals surface area contributed by atoms with Crippen molar-refractivity contribution in [3.05, 3.63) is 23.7 Å². The lowest BCUT2D eigenvalue weighted by atomic mass is 10.3. The van der Waals surface area contributed by atoms with Gasteiger partial charge in [-0.15, -0.1) is 0 Å². The fourth-order valence-corrected chi connectivity index (χ4v) is 1.88. The van der Waals surface area contributed by atoms with E-state index in [2.05, 4.69) is 43.1 Å². The summed E-state index contributed by atoms with van der Waals surface area (Å²) in [5.74, 6) is 2.12. The highest BCUT2D eigenvalue weighted by atomic mass is 16.3. The van der Waals surface area contributed by atoms with Gasteiger partial charge in [-0.3, -0.25) is 4.90 Å². The SMILES string of the molecule is CCCNCc1ccc(CN(CC)CCC)o1. The molecule has 0 aliphatic heterocycles. The van der Waals surface area contributed by atoms with Crippen LogP contribution >= 0.6 is 0 Å². The molecule has 0 unspecified atom stereocenters. The van der Waals surface area contributed by atoms with Gasteiger partial charge in [-0.2, -0.15) is 0 Å². The predicted octanol–water partition coefficient (Wildman–Crippen LogP) is 3.01. The lowest BCUT2D eigenvalue weighted by Crippen LogP contribution is -2.23. The van der Waals surface area contributed by atoms with E-state index in [4.69, 9.17) is 4.42 Å². The molecule has 0 bridgehead atoms. The van der Waals surface area contributed by atoms with Crippen molar-refractivity contribution in [3.63, 3.8) is 0 Å². The van der Waals surface area contributed by atoms with Crippen LogP contribution in [0.1, 0.15) is 45.1 Å². The maximum absolute atomic E-state index is 5.80. The first-order valence-electron chi connectivity index (χ1n) is 6.80. The van der Waals surface area contributed by atoms with Crippen molar-refractivity contribution in [2.24, 2.45) is 0 Å². The maximum Gasteiger partial charge on any atom is 0.118 e. The van der Waals surface area contributed by atoms with Gasteiger partial charge in [-0.05, 0) is 44.6 Å². The van der Waals surface area contributed by atoms with Gasteiger partial charge in [-0.1, -0.05) is 20.8 Å². The summed E-state index contributed by atoms with van der Waals surface area (Å²) in [6.45, 7) is 11.6. The monoisotopic (exact) mass is 238 g/mol. The molecule has 0 aliphatic carbocycles. The highest BCUT2D eigenvalue weighted by Gasteiger charge is 2.06. The molecule has 17 heavy (non-hydrogen) atoms. The zero-order valence-corrected chi connectivity index (χ0v) is 11.5. The number of hydrogen-bond acceptors (Lipinski definition) is 3. The van der Waals surface area contributed by atoms with Crippen molar-refractivity contribution in [3.8, 4) is 0 Å². The Balaban J connectivity index is 2.38. The summed E-state index contributed by atoms with van der Waals surface area (Å²) in [5.41, 5.74) is 0. The minimum absolute atomic E-state index is 0.841. The van der Waals surface area contributed by atoms with E-state index in [0.29, 0.717) is 0 Å². The Kier molecular flexibility index (Phi) is 6.97. The van der Waals surface area contributed by atoms with Crippen molar-refractivity contribution in [2.75, 3.05) is 19.6 Å². The van der Waals surface area contributed by atoms with Crippen molar-refractivity contribution < 1.29 is 4.42 Å². The Morgan fingerprint density at radius 3 is 2.53 bits per heavy atom. The molecule has 3 nitrogen and oxygen atoms in total. The van der Waals surface area contributed by atoms with E-state index < -0.39 is 0 Å². The molecule has 1 aromatic heterocycles. The van der Waals surface area contributed by atoms with Gasteiger partial charge in [0.2, 0.25) is 0 Å². The average Bonchev–Trinajstić information content (AvgIpc) is 2.77. The van der Waals surface area contributed by atoms with E-state index in [1.807, 2.05) is 0 Å². The minimum Gasteiger partial charge on any atom is -0.463 e. The molecule has 3 heteroatoms. The summed E-state index contributed by atoms with van der Waals surface area (Å²) in [7, 11) is 0. The van der Waals surface area contributed by atoms with Gasteiger partial charge in [0, 0.05) is 0 Å². The molecular formula is C14H26N2O. The Morgan fingerprint density at radius 2 is 1.88 bits per heavy atom. The molecule has 98 valence electrons. The lowest BCUT2D eigenvalue weighted by Gasteiger charge is -2.17. The number of furan rings is 1. The van der Waals surface area contributed by atoms with Crippen LogP contribution in [0.4, 0.5) is 0 Å². The van der Waals surface area contributed by atoms with Crippen LogP contribution in [0.5, 0.6) is 0 Å². The first-order valence-corrected chi connectivity index (χ1v) is 6.80. The number of nitrogens with one attached hydrogen (secondary N) is 1. The standard InChI is InChI=1S/C14H26N2O/c1-4-9-15-11-13-7-8-14(17-13)12-16(6-3)10-5-2/h7-8,15H,4-6,9-12H2,1-3H3. The fourth-order valence-electron chi connectivity index (χ4n) is 1.88. The molecule has 1 heterocycles. The Morgan fingerprint density at radius 1 is 1.12 bits per heavy atom. The van der Waals surface area contributed by atoms with Crippen LogP contribution < -0.4 is 5.32 Å². The molecule has 0 saturated heterocycles. The maximum atomic E-state index is 5.80. The third-order valence-corrected chi connectivity index (χ3v) is 2.81. The van der Waals surface area contributed by atoms with E-state index in [0.717, 1.165) is 50.7 Å². The Hall–Kier alpha value is -0.800. The van der Waals surface area contributed by atoms with Gasteiger partial charge in [0.15, 0.2) is 0 Å². The van der Waals surface area contributed by atoms with Crippen LogP contribution in [0, 0.1) is 0 Å². The zero-order chi connectivity index (χ0) is 12.5. The first-order chi connectivity index (χ1) is 8.30. The van der Waals surface area contributed by atoms with Gasteiger partial charge in [0.05, 0.1) is 13.1 Å². The summed E-state index contributed by atoms with van der Waals surface area (Å²) in [4.78, 5) is 2.40. The molecule has 0 atom stereocenters. The van der Waals surface area contributed by atoms with Gasteiger partial charge < -0.3 is 9.73 Å². The van der Waals surface area contributed by atoms with Crippen LogP contribution in [-0.2, 0) is 13.1 Å². The summed E-state index contributed by atoms with van der Waals surface area (Å²) in [5, 5.41) is 3.35. The highest BCUT2D eigenvalue weighted by molar-refractivity contribution is 5.07. The Bertz CT molecular complexity index is 296. The highest BCUT2D eigenvalue weighted by Crippen LogP contribution is 2.10. The molecular weight excluding hydrogens is 212 g/mol. The lowest BCUT2D eigenvalue weighted by molar-refractivity contribution is 0.253. The number of hydrogen-bond donors (Lipinski definition) is 1. The third kappa shape index (κ3) is 5.37. The van der Waals surface area contributed by atoms with Crippen LogP contribution in [0.25, 0.3) is 0 Å². The smallest absolute Gasteiger partial charge is 0.118 e. The predicted molar refractivity (Wildman–Crippen MR) is 71.9 cm³/mol. The van der Waals surface area contributed by atoms with Crippen LogP contribution in [0.3, 0.4) is 0 Å². The number of rotatable bonds is 9. The summed E-state index contributed by atoms with van der Waals surface area (Å²) in [6, 6.07) is 4.18. The molecule has 1 rings (SSSR count). The second-order valence-corrected chi connectivity index (χ2v) is 4.41. The van der Waals surface area contributed by atoms with Gasteiger partial charge in [-0.25, -0.2) is 0 Å². The number of nitrogens with zero attached hydrogens (tertiary/aromatic N) is 1. The van der Waals surface area contributed by atoms with E-state index in [1.54, 1.807) is 0 Å². The largest absolute Gasteiger partial charge is 0.463 e. The fraction of sp³-hybridized carbons (Fsp3) is 0.714. The van der Waals surface area contributed by atoms with Crippen molar-refractivity contribution >= 4 is 0 Å². The van der Waals surface area contributed by atoms with Crippen LogP contribution in [0.2, 0.25) is 0 Å². The molecule has 0 radical (unpaired) electrons. The normalized spacial score (nSPS) is 11.3. The van der Waals surface area contributed by atoms with E-state index in [9.17, 15) is 0 Å². The molecule has 1 aromatic rings. The minimum atomic E-state index is 0.841. The van der Waals surface area contributed by atoms with Crippen LogP contribution in [-0.4, -0.2) is 24.5 Å². The van der Waals surface area contributed by atoms with E-state index in [1.165, 1.54) is 6.42 Å². The molecule has 0 fully saturated rings. The second-order valence-electron chi connectivity index (χ2n) is 4.41. The van der Waals surface area contributed by atoms with Crippen molar-refractivity contribution in [2.45, 2.75) is 46.7 Å². The van der Waals surface area contributed by atoms with Gasteiger partial charge in [0.25, 0.3) is 0 Å². The van der Waals surface area contributed by atoms with Crippen LogP contribution in [0.15, 0.2) is 16.5 Å². The van der Waals surface area contributed by atoms with Crippen molar-refractivity contribution in [1.82, 2.24) is 10.2 Å². The first kappa shape index (κ1) is 14.3. The summed E-state index contributed by atoms with van der Waals surface area (Å²) < 4.78 is 5.80. The molecule has 0 saturated carbocycles. The van der Waals surface area contributed by atoms with E-state index in [-0.39, 0.29) is 0 Å². The summed E-state index contributed by atoms with van der Waals surface area (Å²) in [6.07, 6.45) is 2.35. The van der Waals surface area contributed by atoms with Crippen molar-refractivity contribution in [1.29, 1.82) is 0 Å². The Labute approximate surface area is 105 Å². The van der Waals surface area contributed by atoms with E-state index >= 15 is 0 Å². The molecule has 0 spiro atoms. The molecule has 0 amide bonds. The third-order valence-electron chi connectivity index (χ3n) is 2.81. The second kappa shape index (κ2) is 8.31. The topological polar surface area (TPSA) is 28.4 Å².